The minimum absolute atomic E-state index is 0.211. The van der Waals surface area contributed by atoms with Crippen LogP contribution in [-0.4, -0.2) is 12.6 Å². The molecule has 0 spiro atoms. The molecule has 2 heteroatoms. The Hall–Kier alpha value is -0.530. The molecule has 0 aliphatic carbocycles. The summed E-state index contributed by atoms with van der Waals surface area (Å²) in [4.78, 5) is 9.82. The summed E-state index contributed by atoms with van der Waals surface area (Å²) in [6.45, 7) is 30.4. The van der Waals surface area contributed by atoms with E-state index in [2.05, 4.69) is 87.8 Å². The van der Waals surface area contributed by atoms with Gasteiger partial charge in [-0.2, -0.15) is 0 Å². The van der Waals surface area contributed by atoms with Crippen molar-refractivity contribution in [2.24, 2.45) is 0 Å². The molecule has 0 saturated heterocycles. The third-order valence-electron chi connectivity index (χ3n) is 6.09. The molecule has 0 rings (SSSR count). The number of hydrogen-bond acceptors (Lipinski definition) is 2. The van der Waals surface area contributed by atoms with Gasteiger partial charge in [0.1, 0.15) is 0 Å². The number of rotatable bonds is 19. The minimum atomic E-state index is -0.211. The lowest BCUT2D eigenvalue weighted by molar-refractivity contribution is -0.140. The monoisotopic (exact) mass is 605 g/mol. The van der Waals surface area contributed by atoms with Gasteiger partial charge in [-0.15, -0.1) is 0 Å². The van der Waals surface area contributed by atoms with E-state index in [0.717, 1.165) is 0 Å². The molecule has 0 unspecified atom stereocenters. The molecule has 0 N–H and O–H groups in total. The van der Waals surface area contributed by atoms with Crippen molar-refractivity contribution < 1.29 is 9.53 Å². The standard InChI is InChI=1S/6C6H14.C4H8O2/c6*1-3-5-6-4-2;1-3-6-4(2)5/h6*3-6H2,1-2H3;3H2,1-2H3. The Bertz CT molecular complexity index is 242. The van der Waals surface area contributed by atoms with Gasteiger partial charge < -0.3 is 4.74 Å². The average molecular weight is 605 g/mol. The normalized spacial score (nSPS) is 8.81. The molecule has 0 aromatic rings. The molecule has 0 bridgehead atoms. The fraction of sp³-hybridized carbons (Fsp3) is 0.975. The first-order valence-electron chi connectivity index (χ1n) is 19.4. The van der Waals surface area contributed by atoms with E-state index in [1.54, 1.807) is 6.92 Å². The van der Waals surface area contributed by atoms with E-state index in [9.17, 15) is 4.79 Å². The number of ether oxygens (including phenoxy) is 1. The summed E-state index contributed by atoms with van der Waals surface area (Å²) >= 11 is 0. The maximum Gasteiger partial charge on any atom is 0.302 e. The van der Waals surface area contributed by atoms with E-state index in [-0.39, 0.29) is 5.97 Å². The molecular weight excluding hydrogens is 512 g/mol. The van der Waals surface area contributed by atoms with Gasteiger partial charge >= 0.3 is 5.97 Å². The summed E-state index contributed by atoms with van der Waals surface area (Å²) in [6, 6.07) is 0. The number of carbonyl (C=O) groups is 1. The third-order valence-corrected chi connectivity index (χ3v) is 6.09. The summed E-state index contributed by atoms with van der Waals surface area (Å²) in [7, 11) is 0. The highest BCUT2D eigenvalue weighted by Gasteiger charge is 1.82. The predicted octanol–water partition coefficient (Wildman–Crippen LogP) is 16.1. The first-order chi connectivity index (χ1) is 20.3. The second-order valence-corrected chi connectivity index (χ2v) is 11.2. The first kappa shape index (κ1) is 57.2. The van der Waals surface area contributed by atoms with Crippen molar-refractivity contribution in [3.8, 4) is 0 Å². The Labute approximate surface area is 272 Å². The van der Waals surface area contributed by atoms with E-state index in [4.69, 9.17) is 0 Å². The molecule has 2 nitrogen and oxygen atoms in total. The highest BCUT2D eigenvalue weighted by atomic mass is 16.5. The van der Waals surface area contributed by atoms with Gasteiger partial charge in [0.2, 0.25) is 0 Å². The van der Waals surface area contributed by atoms with Crippen LogP contribution in [0.1, 0.15) is 251 Å². The second kappa shape index (κ2) is 77.8. The molecule has 0 saturated carbocycles. The number of hydrogen-bond donors (Lipinski definition) is 0. The lowest BCUT2D eigenvalue weighted by Crippen LogP contribution is -1.95. The zero-order valence-electron chi connectivity index (χ0n) is 33.0. The largest absolute Gasteiger partial charge is 0.466 e. The lowest BCUT2D eigenvalue weighted by Gasteiger charge is -1.89. The maximum absolute atomic E-state index is 9.82. The van der Waals surface area contributed by atoms with E-state index in [0.29, 0.717) is 6.61 Å². The molecule has 264 valence electrons. The van der Waals surface area contributed by atoms with Crippen LogP contribution in [-0.2, 0) is 9.53 Å². The van der Waals surface area contributed by atoms with Crippen molar-refractivity contribution in [1.82, 2.24) is 0 Å². The van der Waals surface area contributed by atoms with Crippen molar-refractivity contribution in [2.75, 3.05) is 6.61 Å². The summed E-state index contributed by atoms with van der Waals surface area (Å²) in [5.41, 5.74) is 0. The molecule has 0 heterocycles. The van der Waals surface area contributed by atoms with Crippen LogP contribution in [0.4, 0.5) is 0 Å². The maximum atomic E-state index is 9.82. The molecular formula is C40H92O2. The van der Waals surface area contributed by atoms with Crippen LogP contribution in [0.2, 0.25) is 0 Å². The molecule has 0 aliphatic rings. The Kier molecular flexibility index (Phi) is 106. The Morgan fingerprint density at radius 2 is 0.429 bits per heavy atom. The van der Waals surface area contributed by atoms with Crippen molar-refractivity contribution in [1.29, 1.82) is 0 Å². The minimum Gasteiger partial charge on any atom is -0.466 e. The highest BCUT2D eigenvalue weighted by Crippen LogP contribution is 1.98. The molecule has 0 radical (unpaired) electrons. The first-order valence-corrected chi connectivity index (χ1v) is 19.4. The van der Waals surface area contributed by atoms with Gasteiger partial charge in [0, 0.05) is 6.92 Å². The quantitative estimate of drug-likeness (QED) is 0.108. The zero-order valence-corrected chi connectivity index (χ0v) is 33.0. The van der Waals surface area contributed by atoms with Gasteiger partial charge in [0.05, 0.1) is 6.61 Å². The molecule has 0 atom stereocenters. The van der Waals surface area contributed by atoms with Crippen molar-refractivity contribution in [3.05, 3.63) is 0 Å². The number of carbonyl (C=O) groups excluding carboxylic acids is 1. The second-order valence-electron chi connectivity index (χ2n) is 11.2. The van der Waals surface area contributed by atoms with E-state index in [1.165, 1.54) is 161 Å². The smallest absolute Gasteiger partial charge is 0.302 e. The topological polar surface area (TPSA) is 26.3 Å². The van der Waals surface area contributed by atoms with Crippen molar-refractivity contribution in [3.63, 3.8) is 0 Å². The predicted molar refractivity (Wildman–Crippen MR) is 201 cm³/mol. The van der Waals surface area contributed by atoms with E-state index < -0.39 is 0 Å². The number of unbranched alkanes of at least 4 members (excludes halogenated alkanes) is 18. The summed E-state index contributed by atoms with van der Waals surface area (Å²) in [5.74, 6) is -0.211. The van der Waals surface area contributed by atoms with Gasteiger partial charge in [-0.3, -0.25) is 4.79 Å². The highest BCUT2D eigenvalue weighted by molar-refractivity contribution is 5.65. The van der Waals surface area contributed by atoms with Crippen LogP contribution in [0.5, 0.6) is 0 Å². The Morgan fingerprint density at radius 3 is 0.452 bits per heavy atom. The molecule has 42 heavy (non-hydrogen) atoms. The molecule has 0 amide bonds. The fourth-order valence-electron chi connectivity index (χ4n) is 3.20. The summed E-state index contributed by atoms with van der Waals surface area (Å²) in [6.07, 6.45) is 33.2. The molecule has 0 fully saturated rings. The van der Waals surface area contributed by atoms with Crippen LogP contribution >= 0.6 is 0 Å². The van der Waals surface area contributed by atoms with Crippen LogP contribution in [0.15, 0.2) is 0 Å². The van der Waals surface area contributed by atoms with E-state index in [1.807, 2.05) is 0 Å². The Morgan fingerprint density at radius 1 is 0.310 bits per heavy atom. The SMILES string of the molecule is CCCCCC.CCCCCC.CCCCCC.CCCCCC.CCCCCC.CCCCCC.CCOC(C)=O. The van der Waals surface area contributed by atoms with Gasteiger partial charge in [0.25, 0.3) is 0 Å². The summed E-state index contributed by atoms with van der Waals surface area (Å²) < 4.78 is 4.40. The van der Waals surface area contributed by atoms with Gasteiger partial charge in [0.15, 0.2) is 0 Å². The van der Waals surface area contributed by atoms with Gasteiger partial charge in [-0.1, -0.05) is 237 Å². The van der Waals surface area contributed by atoms with Crippen LogP contribution in [0.3, 0.4) is 0 Å². The van der Waals surface area contributed by atoms with Crippen molar-refractivity contribution in [2.45, 2.75) is 251 Å². The van der Waals surface area contributed by atoms with Crippen LogP contribution < -0.4 is 0 Å². The zero-order chi connectivity index (χ0) is 34.0. The van der Waals surface area contributed by atoms with Gasteiger partial charge in [-0.25, -0.2) is 0 Å². The van der Waals surface area contributed by atoms with Gasteiger partial charge in [-0.05, 0) is 6.92 Å². The average Bonchev–Trinajstić information content (AvgIpc) is 3.00. The van der Waals surface area contributed by atoms with Crippen LogP contribution in [0, 0.1) is 0 Å². The van der Waals surface area contributed by atoms with Crippen LogP contribution in [0.25, 0.3) is 0 Å². The van der Waals surface area contributed by atoms with Crippen molar-refractivity contribution >= 4 is 5.97 Å². The molecule has 0 aliphatic heterocycles. The lowest BCUT2D eigenvalue weighted by atomic mass is 10.2. The molecule has 0 aromatic heterocycles. The fourth-order valence-corrected chi connectivity index (χ4v) is 3.20. The summed E-state index contributed by atoms with van der Waals surface area (Å²) in [5, 5.41) is 0. The Balaban J connectivity index is -0.0000000681. The van der Waals surface area contributed by atoms with E-state index >= 15 is 0 Å². The third kappa shape index (κ3) is 139. The number of esters is 1. The molecule has 0 aromatic carbocycles.